The third-order valence-corrected chi connectivity index (χ3v) is 6.84. The van der Waals surface area contributed by atoms with Crippen LogP contribution >= 0.6 is 22.6 Å². The zero-order chi connectivity index (χ0) is 14.7. The number of carbonyl (C=O) groups excluding carboxylic acids is 1. The average Bonchev–Trinajstić information content (AvgIpc) is 3.02. The van der Waals surface area contributed by atoms with Gasteiger partial charge in [0, 0.05) is 13.0 Å². The lowest BCUT2D eigenvalue weighted by Gasteiger charge is -2.29. The van der Waals surface area contributed by atoms with E-state index in [0.717, 1.165) is 19.3 Å². The van der Waals surface area contributed by atoms with Crippen LogP contribution in [0.4, 0.5) is 0 Å². The molecule has 0 amide bonds. The van der Waals surface area contributed by atoms with Crippen molar-refractivity contribution in [2.24, 2.45) is 17.8 Å². The number of halogens is 1. The van der Waals surface area contributed by atoms with E-state index in [2.05, 4.69) is 22.6 Å². The number of hydrogen-bond donors (Lipinski definition) is 0. The van der Waals surface area contributed by atoms with Crippen molar-refractivity contribution in [3.8, 4) is 0 Å². The third-order valence-electron chi connectivity index (χ3n) is 5.64. The molecule has 20 heavy (non-hydrogen) atoms. The molecule has 7 unspecified atom stereocenters. The molecule has 1 aliphatic heterocycles. The second kappa shape index (κ2) is 4.81. The van der Waals surface area contributed by atoms with E-state index in [-0.39, 0.29) is 18.2 Å². The van der Waals surface area contributed by atoms with Crippen LogP contribution in [0.2, 0.25) is 0 Å². The quantitative estimate of drug-likeness (QED) is 0.418. The van der Waals surface area contributed by atoms with Crippen molar-refractivity contribution < 1.29 is 19.0 Å². The summed E-state index contributed by atoms with van der Waals surface area (Å²) < 4.78 is 17.1. The van der Waals surface area contributed by atoms with Gasteiger partial charge >= 0.3 is 5.97 Å². The fourth-order valence-corrected chi connectivity index (χ4v) is 4.25. The van der Waals surface area contributed by atoms with Crippen molar-refractivity contribution in [2.45, 2.75) is 61.5 Å². The summed E-state index contributed by atoms with van der Waals surface area (Å²) in [5.74, 6) is 0.785. The maximum absolute atomic E-state index is 12.3. The molecule has 114 valence electrons. The van der Waals surface area contributed by atoms with E-state index in [9.17, 15) is 4.79 Å². The van der Waals surface area contributed by atoms with Crippen LogP contribution in [0.3, 0.4) is 0 Å². The zero-order valence-corrected chi connectivity index (χ0v) is 14.7. The molecule has 2 aliphatic carbocycles. The van der Waals surface area contributed by atoms with Crippen LogP contribution in [0.25, 0.3) is 0 Å². The Morgan fingerprint density at radius 2 is 2.20 bits per heavy atom. The maximum Gasteiger partial charge on any atom is 0.322 e. The summed E-state index contributed by atoms with van der Waals surface area (Å²) in [7, 11) is 1.71. The Labute approximate surface area is 134 Å². The summed E-state index contributed by atoms with van der Waals surface area (Å²) in [6.07, 6.45) is 2.87. The fraction of sp³-hybridized carbons (Fsp3) is 0.933. The van der Waals surface area contributed by atoms with Gasteiger partial charge in [-0.3, -0.25) is 4.79 Å². The van der Waals surface area contributed by atoms with Gasteiger partial charge in [0.25, 0.3) is 0 Å². The van der Waals surface area contributed by atoms with E-state index < -0.39 is 9.21 Å². The van der Waals surface area contributed by atoms with Gasteiger partial charge in [-0.25, -0.2) is 0 Å². The van der Waals surface area contributed by atoms with Crippen LogP contribution in [-0.2, 0) is 19.0 Å². The number of carbonyl (C=O) groups is 1. The molecule has 7 atom stereocenters. The Kier molecular flexibility index (Phi) is 3.62. The van der Waals surface area contributed by atoms with Crippen LogP contribution < -0.4 is 0 Å². The lowest BCUT2D eigenvalue weighted by atomic mass is 9.84. The first-order valence-corrected chi connectivity index (χ1v) is 8.53. The van der Waals surface area contributed by atoms with E-state index >= 15 is 0 Å². The highest BCUT2D eigenvalue weighted by molar-refractivity contribution is 14.1. The fourth-order valence-electron chi connectivity index (χ4n) is 4.12. The van der Waals surface area contributed by atoms with E-state index in [1.54, 1.807) is 7.11 Å². The lowest BCUT2D eigenvalue weighted by Crippen LogP contribution is -2.40. The molecular weight excluding hydrogens is 371 g/mol. The van der Waals surface area contributed by atoms with Gasteiger partial charge in [-0.05, 0) is 44.9 Å². The van der Waals surface area contributed by atoms with Crippen LogP contribution in [-0.4, -0.2) is 34.5 Å². The minimum Gasteiger partial charge on any atom is -0.458 e. The Hall–Kier alpha value is 0.120. The van der Waals surface area contributed by atoms with Gasteiger partial charge < -0.3 is 14.2 Å². The van der Waals surface area contributed by atoms with E-state index in [0.29, 0.717) is 17.8 Å². The van der Waals surface area contributed by atoms with Crippen LogP contribution in [0.1, 0.15) is 40.0 Å². The number of esters is 1. The summed E-state index contributed by atoms with van der Waals surface area (Å²) in [4.78, 5) is 12.3. The van der Waals surface area contributed by atoms with E-state index in [4.69, 9.17) is 14.2 Å². The number of fused-ring (bicyclic) bond motifs is 1. The average molecular weight is 394 g/mol. The molecule has 0 aromatic carbocycles. The molecule has 0 radical (unpaired) electrons. The molecular formula is C15H23IO4. The molecule has 3 rings (SSSR count). The number of ether oxygens (including phenoxy) is 3. The summed E-state index contributed by atoms with van der Waals surface area (Å²) in [6.45, 7) is 5.96. The molecule has 2 saturated carbocycles. The molecule has 1 heterocycles. The standard InChI is InChI=1S/C15H23IO4/c1-5-14(2,16)13(17)19-11-8-6-9-10(7-8)15(3,18-4)20-12(9)11/h8-12H,5-7H2,1-4H3. The highest BCUT2D eigenvalue weighted by Crippen LogP contribution is 2.61. The Balaban J connectivity index is 1.74. The van der Waals surface area contributed by atoms with E-state index in [1.165, 1.54) is 0 Å². The summed E-state index contributed by atoms with van der Waals surface area (Å²) in [6, 6.07) is 0. The molecule has 3 aliphatic rings. The van der Waals surface area contributed by atoms with Gasteiger partial charge in [0.2, 0.25) is 0 Å². The topological polar surface area (TPSA) is 44.8 Å². The molecule has 4 nitrogen and oxygen atoms in total. The Morgan fingerprint density at radius 3 is 2.80 bits per heavy atom. The van der Waals surface area contributed by atoms with Crippen molar-refractivity contribution in [1.82, 2.24) is 0 Å². The summed E-state index contributed by atoms with van der Waals surface area (Å²) in [5.41, 5.74) is 0. The molecule has 0 aromatic heterocycles. The zero-order valence-electron chi connectivity index (χ0n) is 12.5. The molecule has 2 bridgehead atoms. The van der Waals surface area contributed by atoms with Crippen molar-refractivity contribution >= 4 is 28.6 Å². The van der Waals surface area contributed by atoms with Crippen LogP contribution in [0.5, 0.6) is 0 Å². The molecule has 3 fully saturated rings. The predicted molar refractivity (Wildman–Crippen MR) is 82.6 cm³/mol. The molecule has 0 aromatic rings. The first-order chi connectivity index (χ1) is 9.32. The molecule has 0 N–H and O–H groups in total. The smallest absolute Gasteiger partial charge is 0.322 e. The normalized spacial score (nSPS) is 48.4. The largest absolute Gasteiger partial charge is 0.458 e. The van der Waals surface area contributed by atoms with Crippen molar-refractivity contribution in [3.05, 3.63) is 0 Å². The Morgan fingerprint density at radius 1 is 1.50 bits per heavy atom. The Bertz CT molecular complexity index is 424. The first-order valence-electron chi connectivity index (χ1n) is 7.45. The van der Waals surface area contributed by atoms with Gasteiger partial charge in [-0.1, -0.05) is 29.5 Å². The second-order valence-electron chi connectivity index (χ2n) is 6.73. The lowest BCUT2D eigenvalue weighted by molar-refractivity contribution is -0.223. The van der Waals surface area contributed by atoms with Crippen LogP contribution in [0.15, 0.2) is 0 Å². The maximum atomic E-state index is 12.3. The second-order valence-corrected chi connectivity index (χ2v) is 9.11. The monoisotopic (exact) mass is 394 g/mol. The minimum absolute atomic E-state index is 0.0247. The van der Waals surface area contributed by atoms with Crippen LogP contribution in [0, 0.1) is 17.8 Å². The van der Waals surface area contributed by atoms with Gasteiger partial charge in [0.15, 0.2) is 5.79 Å². The number of alkyl halides is 1. The minimum atomic E-state index is -0.496. The van der Waals surface area contributed by atoms with Gasteiger partial charge in [0.1, 0.15) is 15.6 Å². The summed E-state index contributed by atoms with van der Waals surface area (Å²) >= 11 is 2.19. The molecule has 0 spiro atoms. The summed E-state index contributed by atoms with van der Waals surface area (Å²) in [5, 5.41) is 0. The van der Waals surface area contributed by atoms with Crippen molar-refractivity contribution in [2.75, 3.05) is 7.11 Å². The number of rotatable bonds is 4. The predicted octanol–water partition coefficient (Wildman–Crippen LogP) is 2.92. The van der Waals surface area contributed by atoms with Gasteiger partial charge in [-0.2, -0.15) is 0 Å². The SMILES string of the molecule is CCC(C)(I)C(=O)OC1C2CC3C1OC(C)(OC)C3C2. The van der Waals surface area contributed by atoms with Gasteiger partial charge in [0.05, 0.1) is 0 Å². The first kappa shape index (κ1) is 15.0. The van der Waals surface area contributed by atoms with E-state index in [1.807, 2.05) is 20.8 Å². The van der Waals surface area contributed by atoms with Crippen molar-refractivity contribution in [3.63, 3.8) is 0 Å². The highest BCUT2D eigenvalue weighted by Gasteiger charge is 2.66. The number of hydrogen-bond acceptors (Lipinski definition) is 4. The third kappa shape index (κ3) is 2.03. The number of methoxy groups -OCH3 is 1. The molecule has 1 saturated heterocycles. The van der Waals surface area contributed by atoms with Gasteiger partial charge in [-0.15, -0.1) is 0 Å². The highest BCUT2D eigenvalue weighted by atomic mass is 127. The van der Waals surface area contributed by atoms with Crippen molar-refractivity contribution in [1.29, 1.82) is 0 Å². The molecule has 5 heteroatoms.